The quantitative estimate of drug-likeness (QED) is 0.855. The standard InChI is InChI=1S/C19H33N3O2/c1-19(9-4-3-5-10-19)18(24)21-12-8-16-15(14-21)6-7-17(23)22(16)13-11-20-2/h15-16,20H,3-14H2,1-2H3/t15-,16+/m0/s1. The minimum Gasteiger partial charge on any atom is -0.342 e. The Morgan fingerprint density at radius 3 is 2.71 bits per heavy atom. The van der Waals surface area contributed by atoms with E-state index in [0.717, 1.165) is 51.9 Å². The number of piperidine rings is 2. The molecule has 0 radical (unpaired) electrons. The maximum atomic E-state index is 13.1. The monoisotopic (exact) mass is 335 g/mol. The van der Waals surface area contributed by atoms with Crippen LogP contribution in [0.1, 0.15) is 58.3 Å². The van der Waals surface area contributed by atoms with Crippen molar-refractivity contribution in [2.75, 3.05) is 33.2 Å². The first-order chi connectivity index (χ1) is 11.5. The largest absolute Gasteiger partial charge is 0.342 e. The smallest absolute Gasteiger partial charge is 0.228 e. The summed E-state index contributed by atoms with van der Waals surface area (Å²) >= 11 is 0. The van der Waals surface area contributed by atoms with E-state index < -0.39 is 0 Å². The van der Waals surface area contributed by atoms with E-state index in [-0.39, 0.29) is 5.41 Å². The van der Waals surface area contributed by atoms with Gasteiger partial charge in [0.05, 0.1) is 0 Å². The number of likely N-dealkylation sites (N-methyl/N-ethyl adjacent to an activating group) is 1. The Labute approximate surface area is 146 Å². The lowest BCUT2D eigenvalue weighted by molar-refractivity contribution is -0.150. The molecule has 0 aromatic carbocycles. The number of likely N-dealkylation sites (tertiary alicyclic amines) is 2. The zero-order valence-electron chi connectivity index (χ0n) is 15.4. The van der Waals surface area contributed by atoms with E-state index in [4.69, 9.17) is 0 Å². The molecular weight excluding hydrogens is 302 g/mol. The summed E-state index contributed by atoms with van der Waals surface area (Å²) in [6.07, 6.45) is 8.28. The Hall–Kier alpha value is -1.10. The van der Waals surface area contributed by atoms with Gasteiger partial charge in [-0.25, -0.2) is 0 Å². The van der Waals surface area contributed by atoms with Gasteiger partial charge >= 0.3 is 0 Å². The molecule has 24 heavy (non-hydrogen) atoms. The first-order valence-corrected chi connectivity index (χ1v) is 9.78. The van der Waals surface area contributed by atoms with Crippen LogP contribution in [0.4, 0.5) is 0 Å². The number of nitrogens with zero attached hydrogens (tertiary/aromatic N) is 2. The summed E-state index contributed by atoms with van der Waals surface area (Å²) in [5.41, 5.74) is -0.138. The molecule has 1 N–H and O–H groups in total. The summed E-state index contributed by atoms with van der Waals surface area (Å²) in [7, 11) is 1.93. The molecule has 0 aromatic rings. The average Bonchev–Trinajstić information content (AvgIpc) is 2.60. The third-order valence-corrected chi connectivity index (χ3v) is 6.51. The summed E-state index contributed by atoms with van der Waals surface area (Å²) in [5, 5.41) is 3.15. The van der Waals surface area contributed by atoms with Gasteiger partial charge < -0.3 is 15.1 Å². The van der Waals surface area contributed by atoms with Gasteiger partial charge in [-0.1, -0.05) is 26.2 Å². The Morgan fingerprint density at radius 2 is 2.00 bits per heavy atom. The molecule has 1 aliphatic carbocycles. The number of fused-ring (bicyclic) bond motifs is 1. The van der Waals surface area contributed by atoms with E-state index in [9.17, 15) is 9.59 Å². The van der Waals surface area contributed by atoms with Crippen LogP contribution in [0.25, 0.3) is 0 Å². The lowest BCUT2D eigenvalue weighted by Crippen LogP contribution is -2.59. The van der Waals surface area contributed by atoms with Gasteiger partial charge in [-0.05, 0) is 38.6 Å². The lowest BCUT2D eigenvalue weighted by Gasteiger charge is -2.49. The van der Waals surface area contributed by atoms with Crippen LogP contribution in [-0.4, -0.2) is 60.9 Å². The molecule has 0 spiro atoms. The molecule has 3 rings (SSSR count). The van der Waals surface area contributed by atoms with Crippen molar-refractivity contribution in [1.29, 1.82) is 0 Å². The van der Waals surface area contributed by atoms with Crippen LogP contribution in [0.5, 0.6) is 0 Å². The van der Waals surface area contributed by atoms with E-state index >= 15 is 0 Å². The van der Waals surface area contributed by atoms with Crippen LogP contribution >= 0.6 is 0 Å². The molecule has 2 aliphatic heterocycles. The van der Waals surface area contributed by atoms with Crippen molar-refractivity contribution in [2.24, 2.45) is 11.3 Å². The molecule has 5 heteroatoms. The number of hydrogen-bond acceptors (Lipinski definition) is 3. The van der Waals surface area contributed by atoms with E-state index in [1.165, 1.54) is 19.3 Å². The van der Waals surface area contributed by atoms with E-state index in [1.807, 2.05) is 7.05 Å². The van der Waals surface area contributed by atoms with Gasteiger partial charge in [0.25, 0.3) is 0 Å². The molecule has 0 aromatic heterocycles. The highest BCUT2D eigenvalue weighted by Gasteiger charge is 2.44. The van der Waals surface area contributed by atoms with Crippen LogP contribution in [0.2, 0.25) is 0 Å². The first-order valence-electron chi connectivity index (χ1n) is 9.78. The zero-order valence-corrected chi connectivity index (χ0v) is 15.4. The minimum atomic E-state index is -0.138. The van der Waals surface area contributed by atoms with Crippen molar-refractivity contribution in [3.63, 3.8) is 0 Å². The third-order valence-electron chi connectivity index (χ3n) is 6.51. The number of carbonyl (C=O) groups excluding carboxylic acids is 2. The Kier molecular flexibility index (Phi) is 5.48. The van der Waals surface area contributed by atoms with Gasteiger partial charge in [-0.3, -0.25) is 9.59 Å². The fourth-order valence-electron chi connectivity index (χ4n) is 4.99. The molecule has 2 heterocycles. The van der Waals surface area contributed by atoms with Crippen molar-refractivity contribution in [1.82, 2.24) is 15.1 Å². The van der Waals surface area contributed by atoms with Crippen LogP contribution in [-0.2, 0) is 9.59 Å². The van der Waals surface area contributed by atoms with Crippen LogP contribution in [0, 0.1) is 11.3 Å². The molecule has 1 saturated carbocycles. The number of rotatable bonds is 4. The Balaban J connectivity index is 1.64. The average molecular weight is 335 g/mol. The van der Waals surface area contributed by atoms with Crippen LogP contribution < -0.4 is 5.32 Å². The van der Waals surface area contributed by atoms with Crippen molar-refractivity contribution in [3.05, 3.63) is 0 Å². The molecular formula is C19H33N3O2. The SMILES string of the molecule is CNCCN1C(=O)CC[C@H]2CN(C(=O)C3(C)CCCCC3)CC[C@H]21. The zero-order chi connectivity index (χ0) is 17.2. The second-order valence-electron chi connectivity index (χ2n) is 8.22. The summed E-state index contributed by atoms with van der Waals surface area (Å²) < 4.78 is 0. The molecule has 2 atom stereocenters. The number of hydrogen-bond donors (Lipinski definition) is 1. The van der Waals surface area contributed by atoms with Crippen molar-refractivity contribution in [3.8, 4) is 0 Å². The highest BCUT2D eigenvalue weighted by atomic mass is 16.2. The van der Waals surface area contributed by atoms with E-state index in [0.29, 0.717) is 30.2 Å². The summed E-state index contributed by atoms with van der Waals surface area (Å²) in [6, 6.07) is 0.336. The highest BCUT2D eigenvalue weighted by molar-refractivity contribution is 5.83. The van der Waals surface area contributed by atoms with Gasteiger partial charge in [0.2, 0.25) is 11.8 Å². The molecule has 0 unspecified atom stereocenters. The van der Waals surface area contributed by atoms with Crippen LogP contribution in [0.3, 0.4) is 0 Å². The fourth-order valence-corrected chi connectivity index (χ4v) is 4.99. The van der Waals surface area contributed by atoms with Crippen LogP contribution in [0.15, 0.2) is 0 Å². The second-order valence-corrected chi connectivity index (χ2v) is 8.22. The number of amides is 2. The first kappa shape index (κ1) is 17.7. The predicted molar refractivity (Wildman–Crippen MR) is 94.5 cm³/mol. The normalized spacial score (nSPS) is 30.2. The van der Waals surface area contributed by atoms with Crippen molar-refractivity contribution >= 4 is 11.8 Å². The van der Waals surface area contributed by atoms with Gasteiger partial charge in [-0.15, -0.1) is 0 Å². The van der Waals surface area contributed by atoms with Gasteiger partial charge in [0, 0.05) is 44.1 Å². The molecule has 5 nitrogen and oxygen atoms in total. The summed E-state index contributed by atoms with van der Waals surface area (Å²) in [5.74, 6) is 1.13. The van der Waals surface area contributed by atoms with Gasteiger partial charge in [0.1, 0.15) is 0 Å². The molecule has 2 saturated heterocycles. The number of carbonyl (C=O) groups is 2. The minimum absolute atomic E-state index is 0.138. The topological polar surface area (TPSA) is 52.7 Å². The highest BCUT2D eigenvalue weighted by Crippen LogP contribution is 2.39. The second kappa shape index (κ2) is 7.42. The third kappa shape index (κ3) is 3.46. The van der Waals surface area contributed by atoms with Crippen molar-refractivity contribution in [2.45, 2.75) is 64.3 Å². The van der Waals surface area contributed by atoms with Gasteiger partial charge in [0.15, 0.2) is 0 Å². The Bertz CT molecular complexity index is 473. The van der Waals surface area contributed by atoms with Gasteiger partial charge in [-0.2, -0.15) is 0 Å². The maximum Gasteiger partial charge on any atom is 0.228 e. The lowest BCUT2D eigenvalue weighted by atomic mass is 9.74. The fraction of sp³-hybridized carbons (Fsp3) is 0.895. The number of nitrogens with one attached hydrogen (secondary N) is 1. The summed E-state index contributed by atoms with van der Waals surface area (Å²) in [4.78, 5) is 29.6. The molecule has 2 amide bonds. The Morgan fingerprint density at radius 1 is 1.25 bits per heavy atom. The van der Waals surface area contributed by atoms with E-state index in [2.05, 4.69) is 22.0 Å². The van der Waals surface area contributed by atoms with Crippen molar-refractivity contribution < 1.29 is 9.59 Å². The molecule has 3 aliphatic rings. The summed E-state index contributed by atoms with van der Waals surface area (Å²) in [6.45, 7) is 5.48. The maximum absolute atomic E-state index is 13.1. The molecule has 3 fully saturated rings. The molecule has 136 valence electrons. The van der Waals surface area contributed by atoms with E-state index in [1.54, 1.807) is 0 Å². The predicted octanol–water partition coefficient (Wildman–Crippen LogP) is 2.02. The molecule has 0 bridgehead atoms.